The summed E-state index contributed by atoms with van der Waals surface area (Å²) in [7, 11) is 0. The normalized spacial score (nSPS) is 30.2. The molecule has 2 unspecified atom stereocenters. The van der Waals surface area contributed by atoms with Crippen LogP contribution in [-0.4, -0.2) is 25.8 Å². The van der Waals surface area contributed by atoms with E-state index in [0.29, 0.717) is 5.41 Å². The first-order valence-corrected chi connectivity index (χ1v) is 8.46. The molecule has 1 heterocycles. The van der Waals surface area contributed by atoms with Crippen molar-refractivity contribution in [2.75, 3.05) is 19.8 Å². The number of rotatable bonds is 5. The van der Waals surface area contributed by atoms with Crippen molar-refractivity contribution in [3.63, 3.8) is 0 Å². The molecule has 0 bridgehead atoms. The van der Waals surface area contributed by atoms with Gasteiger partial charge in [0.25, 0.3) is 0 Å². The minimum Gasteiger partial charge on any atom is -0.381 e. The van der Waals surface area contributed by atoms with Crippen LogP contribution in [0.2, 0.25) is 0 Å². The lowest BCUT2D eigenvalue weighted by Crippen LogP contribution is -2.50. The van der Waals surface area contributed by atoms with E-state index in [1.807, 2.05) is 0 Å². The van der Waals surface area contributed by atoms with Crippen LogP contribution in [0.25, 0.3) is 0 Å². The second kappa shape index (κ2) is 7.08. The molecule has 1 aliphatic heterocycles. The van der Waals surface area contributed by atoms with Gasteiger partial charge in [0.15, 0.2) is 0 Å². The van der Waals surface area contributed by atoms with E-state index in [-0.39, 0.29) is 0 Å². The molecule has 1 saturated carbocycles. The molecule has 19 heavy (non-hydrogen) atoms. The van der Waals surface area contributed by atoms with Crippen molar-refractivity contribution in [2.45, 2.75) is 71.8 Å². The molecule has 112 valence electrons. The highest BCUT2D eigenvalue weighted by Gasteiger charge is 2.40. The SMILES string of the molecule is CCCNC(C1CCOCC1)C1CCCCC1(C)C. The Morgan fingerprint density at radius 1 is 1.16 bits per heavy atom. The van der Waals surface area contributed by atoms with Crippen LogP contribution < -0.4 is 5.32 Å². The van der Waals surface area contributed by atoms with Crippen molar-refractivity contribution >= 4 is 0 Å². The van der Waals surface area contributed by atoms with Gasteiger partial charge in [-0.15, -0.1) is 0 Å². The molecule has 0 aromatic carbocycles. The lowest BCUT2D eigenvalue weighted by molar-refractivity contribution is 0.0137. The van der Waals surface area contributed by atoms with Crippen molar-refractivity contribution < 1.29 is 4.74 Å². The van der Waals surface area contributed by atoms with E-state index in [1.165, 1.54) is 51.5 Å². The number of nitrogens with one attached hydrogen (secondary N) is 1. The topological polar surface area (TPSA) is 21.3 Å². The van der Waals surface area contributed by atoms with Gasteiger partial charge in [-0.25, -0.2) is 0 Å². The van der Waals surface area contributed by atoms with Gasteiger partial charge in [-0.3, -0.25) is 0 Å². The highest BCUT2D eigenvalue weighted by Crippen LogP contribution is 2.45. The van der Waals surface area contributed by atoms with Gasteiger partial charge < -0.3 is 10.1 Å². The Morgan fingerprint density at radius 3 is 2.53 bits per heavy atom. The molecule has 1 aliphatic carbocycles. The Balaban J connectivity index is 2.06. The van der Waals surface area contributed by atoms with E-state index >= 15 is 0 Å². The van der Waals surface area contributed by atoms with Gasteiger partial charge in [0.05, 0.1) is 0 Å². The molecule has 0 aromatic heterocycles. The van der Waals surface area contributed by atoms with Crippen LogP contribution >= 0.6 is 0 Å². The molecule has 1 N–H and O–H groups in total. The van der Waals surface area contributed by atoms with Gasteiger partial charge in [-0.05, 0) is 55.9 Å². The van der Waals surface area contributed by atoms with E-state index in [2.05, 4.69) is 26.1 Å². The summed E-state index contributed by atoms with van der Waals surface area (Å²) in [5.74, 6) is 1.69. The maximum absolute atomic E-state index is 5.57. The first-order valence-electron chi connectivity index (χ1n) is 8.46. The monoisotopic (exact) mass is 267 g/mol. The molecule has 2 atom stereocenters. The highest BCUT2D eigenvalue weighted by atomic mass is 16.5. The molecular formula is C17H33NO. The maximum atomic E-state index is 5.57. The molecule has 2 aliphatic rings. The first kappa shape index (κ1) is 15.3. The lowest BCUT2D eigenvalue weighted by atomic mass is 9.63. The molecule has 0 radical (unpaired) electrons. The third-order valence-corrected chi connectivity index (χ3v) is 5.43. The van der Waals surface area contributed by atoms with Crippen molar-refractivity contribution in [2.24, 2.45) is 17.3 Å². The Bertz CT molecular complexity index is 258. The summed E-state index contributed by atoms with van der Waals surface area (Å²) in [6.07, 6.45) is 9.45. The van der Waals surface area contributed by atoms with Gasteiger partial charge in [0, 0.05) is 19.3 Å². The van der Waals surface area contributed by atoms with Crippen LogP contribution in [0.4, 0.5) is 0 Å². The Kier molecular flexibility index (Phi) is 5.70. The molecule has 2 fully saturated rings. The first-order chi connectivity index (χ1) is 9.15. The van der Waals surface area contributed by atoms with Gasteiger partial charge >= 0.3 is 0 Å². The number of ether oxygens (including phenoxy) is 1. The fourth-order valence-corrected chi connectivity index (χ4v) is 4.21. The van der Waals surface area contributed by atoms with Gasteiger partial charge in [0.2, 0.25) is 0 Å². The molecule has 1 saturated heterocycles. The molecule has 2 rings (SSSR count). The van der Waals surface area contributed by atoms with E-state index in [0.717, 1.165) is 31.1 Å². The van der Waals surface area contributed by atoms with Crippen LogP contribution in [0.15, 0.2) is 0 Å². The minimum atomic E-state index is 0.516. The summed E-state index contributed by atoms with van der Waals surface area (Å²) >= 11 is 0. The van der Waals surface area contributed by atoms with Crippen molar-refractivity contribution in [1.29, 1.82) is 0 Å². The van der Waals surface area contributed by atoms with Crippen LogP contribution in [0, 0.1) is 17.3 Å². The average molecular weight is 267 g/mol. The van der Waals surface area contributed by atoms with E-state index < -0.39 is 0 Å². The standard InChI is InChI=1S/C17H33NO/c1-4-11-18-16(14-8-12-19-13-9-14)15-7-5-6-10-17(15,2)3/h14-16,18H,4-13H2,1-3H3. The number of hydrogen-bond donors (Lipinski definition) is 1. The fourth-order valence-electron chi connectivity index (χ4n) is 4.21. The fraction of sp³-hybridized carbons (Fsp3) is 1.00. The van der Waals surface area contributed by atoms with Crippen molar-refractivity contribution in [1.82, 2.24) is 5.32 Å². The lowest BCUT2D eigenvalue weighted by Gasteiger charge is -2.47. The largest absolute Gasteiger partial charge is 0.381 e. The zero-order valence-electron chi connectivity index (χ0n) is 13.2. The Morgan fingerprint density at radius 2 is 1.89 bits per heavy atom. The second-order valence-corrected chi connectivity index (χ2v) is 7.27. The smallest absolute Gasteiger partial charge is 0.0469 e. The van der Waals surface area contributed by atoms with Gasteiger partial charge in [0.1, 0.15) is 0 Å². The minimum absolute atomic E-state index is 0.516. The third-order valence-electron chi connectivity index (χ3n) is 5.43. The van der Waals surface area contributed by atoms with Crippen LogP contribution in [-0.2, 0) is 4.74 Å². The molecule has 2 heteroatoms. The maximum Gasteiger partial charge on any atom is 0.0469 e. The van der Waals surface area contributed by atoms with E-state index in [1.54, 1.807) is 0 Å². The van der Waals surface area contributed by atoms with Crippen molar-refractivity contribution in [3.8, 4) is 0 Å². The molecule has 0 aromatic rings. The predicted molar refractivity (Wildman–Crippen MR) is 81.4 cm³/mol. The summed E-state index contributed by atoms with van der Waals surface area (Å²) in [5.41, 5.74) is 0.516. The molecular weight excluding hydrogens is 234 g/mol. The quantitative estimate of drug-likeness (QED) is 0.813. The molecule has 0 spiro atoms. The van der Waals surface area contributed by atoms with E-state index in [4.69, 9.17) is 4.74 Å². The summed E-state index contributed by atoms with van der Waals surface area (Å²) < 4.78 is 5.57. The highest BCUT2D eigenvalue weighted by molar-refractivity contribution is 4.94. The van der Waals surface area contributed by atoms with Gasteiger partial charge in [-0.2, -0.15) is 0 Å². The van der Waals surface area contributed by atoms with Gasteiger partial charge in [-0.1, -0.05) is 33.6 Å². The Hall–Kier alpha value is -0.0800. The van der Waals surface area contributed by atoms with Crippen LogP contribution in [0.3, 0.4) is 0 Å². The average Bonchev–Trinajstić information content (AvgIpc) is 2.42. The summed E-state index contributed by atoms with van der Waals surface area (Å²) in [6, 6.07) is 0.721. The van der Waals surface area contributed by atoms with Crippen molar-refractivity contribution in [3.05, 3.63) is 0 Å². The molecule has 2 nitrogen and oxygen atoms in total. The molecule has 0 amide bonds. The summed E-state index contributed by atoms with van der Waals surface area (Å²) in [5, 5.41) is 3.91. The number of hydrogen-bond acceptors (Lipinski definition) is 2. The summed E-state index contributed by atoms with van der Waals surface area (Å²) in [4.78, 5) is 0. The zero-order chi connectivity index (χ0) is 13.7. The Labute approximate surface area is 119 Å². The second-order valence-electron chi connectivity index (χ2n) is 7.27. The predicted octanol–water partition coefficient (Wildman–Crippen LogP) is 4.00. The van der Waals surface area contributed by atoms with Crippen LogP contribution in [0.1, 0.15) is 65.7 Å². The van der Waals surface area contributed by atoms with Crippen LogP contribution in [0.5, 0.6) is 0 Å². The van der Waals surface area contributed by atoms with E-state index in [9.17, 15) is 0 Å². The third kappa shape index (κ3) is 3.95. The zero-order valence-corrected chi connectivity index (χ0v) is 13.2. The summed E-state index contributed by atoms with van der Waals surface area (Å²) in [6.45, 7) is 10.4.